The molecule has 2 aromatic rings. The van der Waals surface area contributed by atoms with Crippen molar-refractivity contribution in [2.75, 3.05) is 0 Å². The number of nitrogens with zero attached hydrogens (tertiary/aromatic N) is 1. The summed E-state index contributed by atoms with van der Waals surface area (Å²) in [6.45, 7) is 1.95. The highest BCUT2D eigenvalue weighted by atomic mass is 16.7. The number of hydroxylamine groups is 2. The van der Waals surface area contributed by atoms with Crippen molar-refractivity contribution in [2.24, 2.45) is 0 Å². The lowest BCUT2D eigenvalue weighted by atomic mass is 10.1. The Hall–Kier alpha value is -2.46. The average Bonchev–Trinajstić information content (AvgIpc) is 2.78. The second kappa shape index (κ2) is 5.50. The molecule has 1 unspecified atom stereocenters. The van der Waals surface area contributed by atoms with Crippen LogP contribution >= 0.6 is 0 Å². The zero-order chi connectivity index (χ0) is 14.8. The first kappa shape index (κ1) is 13.5. The van der Waals surface area contributed by atoms with Gasteiger partial charge in [-0.2, -0.15) is 0 Å². The zero-order valence-electron chi connectivity index (χ0n) is 11.7. The van der Waals surface area contributed by atoms with Gasteiger partial charge in [-0.15, -0.1) is 5.06 Å². The molecule has 0 bridgehead atoms. The van der Waals surface area contributed by atoms with E-state index in [1.807, 2.05) is 37.3 Å². The maximum absolute atomic E-state index is 12.3. The molecule has 3 rings (SSSR count). The summed E-state index contributed by atoms with van der Waals surface area (Å²) in [5, 5.41) is 0.881. The molecule has 0 saturated heterocycles. The van der Waals surface area contributed by atoms with Gasteiger partial charge in [0, 0.05) is 0 Å². The summed E-state index contributed by atoms with van der Waals surface area (Å²) in [6, 6.07) is 16.3. The summed E-state index contributed by atoms with van der Waals surface area (Å²) < 4.78 is 0. The number of imide groups is 1. The minimum Gasteiger partial charge on any atom is -0.266 e. The number of carbonyl (C=O) groups is 2. The lowest BCUT2D eigenvalue weighted by Gasteiger charge is -2.21. The summed E-state index contributed by atoms with van der Waals surface area (Å²) in [7, 11) is 0. The second-order valence-corrected chi connectivity index (χ2v) is 4.86. The highest BCUT2D eigenvalue weighted by Gasteiger charge is 2.37. The van der Waals surface area contributed by atoms with E-state index in [4.69, 9.17) is 4.84 Å². The van der Waals surface area contributed by atoms with Crippen molar-refractivity contribution in [1.82, 2.24) is 5.06 Å². The Kier molecular flexibility index (Phi) is 3.54. The lowest BCUT2D eigenvalue weighted by molar-refractivity contribution is -0.135. The predicted octanol–water partition coefficient (Wildman–Crippen LogP) is 3.37. The molecule has 0 saturated carbocycles. The standard InChI is InChI=1S/C17H15NO3/c1-2-15(12-8-4-3-5-9-12)21-18-16(19)13-10-6-7-11-14(13)17(18)20/h3-11,15H,2H2,1H3. The van der Waals surface area contributed by atoms with Gasteiger partial charge in [0.15, 0.2) is 0 Å². The van der Waals surface area contributed by atoms with Gasteiger partial charge < -0.3 is 0 Å². The van der Waals surface area contributed by atoms with Crippen molar-refractivity contribution in [3.63, 3.8) is 0 Å². The van der Waals surface area contributed by atoms with E-state index in [2.05, 4.69) is 0 Å². The summed E-state index contributed by atoms with van der Waals surface area (Å²) in [5.41, 5.74) is 1.73. The molecule has 0 aromatic heterocycles. The molecule has 0 N–H and O–H groups in total. The van der Waals surface area contributed by atoms with Gasteiger partial charge in [-0.1, -0.05) is 49.4 Å². The Morgan fingerprint density at radius 1 is 0.905 bits per heavy atom. The van der Waals surface area contributed by atoms with Gasteiger partial charge in [0.1, 0.15) is 6.10 Å². The summed E-state index contributed by atoms with van der Waals surface area (Å²) in [6.07, 6.45) is 0.339. The first-order valence-electron chi connectivity index (χ1n) is 6.92. The van der Waals surface area contributed by atoms with Crippen LogP contribution < -0.4 is 0 Å². The second-order valence-electron chi connectivity index (χ2n) is 4.86. The normalized spacial score (nSPS) is 15.2. The van der Waals surface area contributed by atoms with Crippen molar-refractivity contribution < 1.29 is 14.4 Å². The van der Waals surface area contributed by atoms with Crippen LogP contribution in [0.25, 0.3) is 0 Å². The maximum atomic E-state index is 12.3. The molecule has 4 heteroatoms. The van der Waals surface area contributed by atoms with Crippen molar-refractivity contribution in [1.29, 1.82) is 0 Å². The Labute approximate surface area is 122 Å². The van der Waals surface area contributed by atoms with Crippen LogP contribution in [0.15, 0.2) is 54.6 Å². The fourth-order valence-electron chi connectivity index (χ4n) is 2.43. The third-order valence-corrected chi connectivity index (χ3v) is 3.53. The number of hydrogen-bond acceptors (Lipinski definition) is 3. The van der Waals surface area contributed by atoms with E-state index < -0.39 is 11.8 Å². The smallest absolute Gasteiger partial charge is 0.266 e. The number of rotatable bonds is 4. The molecule has 1 heterocycles. The molecule has 0 aliphatic carbocycles. The van der Waals surface area contributed by atoms with Crippen molar-refractivity contribution >= 4 is 11.8 Å². The molecule has 106 valence electrons. The molecular weight excluding hydrogens is 266 g/mol. The largest absolute Gasteiger partial charge is 0.285 e. The van der Waals surface area contributed by atoms with Gasteiger partial charge in [0.2, 0.25) is 0 Å². The number of carbonyl (C=O) groups excluding carboxylic acids is 2. The minimum atomic E-state index is -0.398. The Bertz CT molecular complexity index is 646. The van der Waals surface area contributed by atoms with Crippen LogP contribution in [0.3, 0.4) is 0 Å². The van der Waals surface area contributed by atoms with Crippen LogP contribution in [0.1, 0.15) is 45.7 Å². The SMILES string of the molecule is CCC(ON1C(=O)c2ccccc2C1=O)c1ccccc1. The summed E-state index contributed by atoms with van der Waals surface area (Å²) in [5.74, 6) is -0.796. The molecule has 0 fully saturated rings. The number of fused-ring (bicyclic) bond motifs is 1. The fraction of sp³-hybridized carbons (Fsp3) is 0.176. The van der Waals surface area contributed by atoms with Gasteiger partial charge in [-0.25, -0.2) is 0 Å². The van der Waals surface area contributed by atoms with E-state index in [1.54, 1.807) is 24.3 Å². The van der Waals surface area contributed by atoms with Crippen molar-refractivity contribution in [3.8, 4) is 0 Å². The molecule has 0 radical (unpaired) electrons. The Morgan fingerprint density at radius 2 is 1.43 bits per heavy atom. The van der Waals surface area contributed by atoms with Gasteiger partial charge in [0.05, 0.1) is 11.1 Å². The molecule has 2 aromatic carbocycles. The van der Waals surface area contributed by atoms with Crippen molar-refractivity contribution in [2.45, 2.75) is 19.4 Å². The fourth-order valence-corrected chi connectivity index (χ4v) is 2.43. The lowest BCUT2D eigenvalue weighted by Crippen LogP contribution is -2.31. The van der Waals surface area contributed by atoms with Gasteiger partial charge in [0.25, 0.3) is 11.8 Å². The molecule has 4 nitrogen and oxygen atoms in total. The number of benzene rings is 2. The first-order valence-corrected chi connectivity index (χ1v) is 6.92. The summed E-state index contributed by atoms with van der Waals surface area (Å²) in [4.78, 5) is 30.2. The molecule has 1 aliphatic heterocycles. The predicted molar refractivity (Wildman–Crippen MR) is 77.5 cm³/mol. The molecule has 1 aliphatic rings. The average molecular weight is 281 g/mol. The van der Waals surface area contributed by atoms with E-state index in [9.17, 15) is 9.59 Å². The van der Waals surface area contributed by atoms with Gasteiger partial charge in [-0.3, -0.25) is 14.4 Å². The van der Waals surface area contributed by atoms with Gasteiger partial charge >= 0.3 is 0 Å². The van der Waals surface area contributed by atoms with Crippen LogP contribution in [0.4, 0.5) is 0 Å². The van der Waals surface area contributed by atoms with E-state index in [1.165, 1.54) is 0 Å². The molecule has 1 atom stereocenters. The highest BCUT2D eigenvalue weighted by Crippen LogP contribution is 2.28. The molecule has 2 amide bonds. The van der Waals surface area contributed by atoms with Crippen LogP contribution in [0, 0.1) is 0 Å². The Balaban J connectivity index is 1.86. The third kappa shape index (κ3) is 2.34. The third-order valence-electron chi connectivity index (χ3n) is 3.53. The van der Waals surface area contributed by atoms with Crippen LogP contribution in [-0.2, 0) is 4.84 Å². The summed E-state index contributed by atoms with van der Waals surface area (Å²) >= 11 is 0. The molecular formula is C17H15NO3. The van der Waals surface area contributed by atoms with E-state index in [0.29, 0.717) is 17.5 Å². The highest BCUT2D eigenvalue weighted by molar-refractivity contribution is 6.20. The van der Waals surface area contributed by atoms with Crippen LogP contribution in [0.2, 0.25) is 0 Å². The zero-order valence-corrected chi connectivity index (χ0v) is 11.7. The van der Waals surface area contributed by atoms with E-state index in [-0.39, 0.29) is 6.10 Å². The number of amides is 2. The minimum absolute atomic E-state index is 0.326. The topological polar surface area (TPSA) is 46.6 Å². The Morgan fingerprint density at radius 3 is 1.95 bits per heavy atom. The van der Waals surface area contributed by atoms with Gasteiger partial charge in [-0.05, 0) is 24.1 Å². The molecule has 21 heavy (non-hydrogen) atoms. The first-order chi connectivity index (χ1) is 10.2. The van der Waals surface area contributed by atoms with E-state index in [0.717, 1.165) is 10.6 Å². The monoisotopic (exact) mass is 281 g/mol. The van der Waals surface area contributed by atoms with Crippen LogP contribution in [-0.4, -0.2) is 16.9 Å². The van der Waals surface area contributed by atoms with Crippen LogP contribution in [0.5, 0.6) is 0 Å². The number of hydrogen-bond donors (Lipinski definition) is 0. The molecule has 0 spiro atoms. The van der Waals surface area contributed by atoms with Crippen molar-refractivity contribution in [3.05, 3.63) is 71.3 Å². The quantitative estimate of drug-likeness (QED) is 0.807. The van der Waals surface area contributed by atoms with E-state index >= 15 is 0 Å². The maximum Gasteiger partial charge on any atom is 0.285 e.